The van der Waals surface area contributed by atoms with E-state index in [2.05, 4.69) is 9.64 Å². The lowest BCUT2D eigenvalue weighted by Crippen LogP contribution is -2.35. The minimum Gasteiger partial charge on any atom is -0.406 e. The summed E-state index contributed by atoms with van der Waals surface area (Å²) >= 11 is 0. The molecule has 0 N–H and O–H groups in total. The molecule has 1 heterocycles. The van der Waals surface area contributed by atoms with Crippen LogP contribution in [-0.2, 0) is 4.79 Å². The van der Waals surface area contributed by atoms with Crippen LogP contribution in [0.2, 0.25) is 0 Å². The second-order valence-corrected chi connectivity index (χ2v) is 4.87. The minimum atomic E-state index is -4.68. The van der Waals surface area contributed by atoms with E-state index in [-0.39, 0.29) is 17.6 Å². The zero-order valence-electron chi connectivity index (χ0n) is 11.1. The third kappa shape index (κ3) is 3.96. The summed E-state index contributed by atoms with van der Waals surface area (Å²) in [5, 5.41) is 0. The number of carbonyl (C=O) groups excluding carboxylic acids is 1. The highest BCUT2D eigenvalue weighted by molar-refractivity contribution is 5.79. The number of carbonyl (C=O) groups is 1. The molecule has 3 nitrogen and oxygen atoms in total. The molecule has 0 amide bonds. The van der Waals surface area contributed by atoms with Gasteiger partial charge in [-0.3, -0.25) is 9.69 Å². The van der Waals surface area contributed by atoms with Crippen molar-refractivity contribution in [1.82, 2.24) is 4.90 Å². The van der Waals surface area contributed by atoms with Gasteiger partial charge in [0.25, 0.3) is 0 Å². The molecule has 110 valence electrons. The number of alkyl halides is 3. The number of hydrogen-bond donors (Lipinski definition) is 0. The van der Waals surface area contributed by atoms with Crippen molar-refractivity contribution >= 4 is 5.78 Å². The van der Waals surface area contributed by atoms with Crippen molar-refractivity contribution in [3.8, 4) is 5.75 Å². The number of ether oxygens (including phenoxy) is 1. The molecule has 1 fully saturated rings. The summed E-state index contributed by atoms with van der Waals surface area (Å²) in [6, 6.07) is 5.95. The van der Waals surface area contributed by atoms with Gasteiger partial charge in [-0.15, -0.1) is 13.2 Å². The van der Waals surface area contributed by atoms with E-state index in [1.165, 1.54) is 12.1 Å². The standard InChI is InChI=1S/C14H16F3NO2/c1-10(18-7-5-12(19)6-8-18)11-3-2-4-13(9-11)20-14(15,16)17/h2-4,9-10H,5-8H2,1H3. The van der Waals surface area contributed by atoms with Gasteiger partial charge in [-0.25, -0.2) is 0 Å². The summed E-state index contributed by atoms with van der Waals surface area (Å²) in [5.41, 5.74) is 0.751. The summed E-state index contributed by atoms with van der Waals surface area (Å²) < 4.78 is 40.5. The topological polar surface area (TPSA) is 29.5 Å². The van der Waals surface area contributed by atoms with Crippen molar-refractivity contribution in [2.75, 3.05) is 13.1 Å². The van der Waals surface area contributed by atoms with Gasteiger partial charge in [-0.2, -0.15) is 0 Å². The van der Waals surface area contributed by atoms with E-state index in [9.17, 15) is 18.0 Å². The molecule has 20 heavy (non-hydrogen) atoms. The predicted octanol–water partition coefficient (Wildman–Crippen LogP) is 3.31. The second-order valence-electron chi connectivity index (χ2n) is 4.87. The first kappa shape index (κ1) is 14.8. The number of ketones is 1. The van der Waals surface area contributed by atoms with E-state index in [1.54, 1.807) is 12.1 Å². The molecule has 1 aliphatic heterocycles. The number of likely N-dealkylation sites (tertiary alicyclic amines) is 1. The van der Waals surface area contributed by atoms with Crippen molar-refractivity contribution in [1.29, 1.82) is 0 Å². The Morgan fingerprint density at radius 2 is 1.90 bits per heavy atom. The number of piperidine rings is 1. The lowest BCUT2D eigenvalue weighted by Gasteiger charge is -2.32. The molecule has 0 bridgehead atoms. The SMILES string of the molecule is CC(c1cccc(OC(F)(F)F)c1)N1CCC(=O)CC1. The second kappa shape index (κ2) is 5.83. The summed E-state index contributed by atoms with van der Waals surface area (Å²) in [7, 11) is 0. The number of nitrogens with zero attached hydrogens (tertiary/aromatic N) is 1. The van der Waals surface area contributed by atoms with Gasteiger partial charge in [0.15, 0.2) is 0 Å². The van der Waals surface area contributed by atoms with Crippen LogP contribution < -0.4 is 4.74 Å². The van der Waals surface area contributed by atoms with Crippen LogP contribution in [-0.4, -0.2) is 30.1 Å². The third-order valence-electron chi connectivity index (χ3n) is 3.48. The fraction of sp³-hybridized carbons (Fsp3) is 0.500. The lowest BCUT2D eigenvalue weighted by atomic mass is 10.0. The van der Waals surface area contributed by atoms with E-state index < -0.39 is 6.36 Å². The number of hydrogen-bond acceptors (Lipinski definition) is 3. The molecule has 1 aliphatic rings. The van der Waals surface area contributed by atoms with Crippen LogP contribution in [0, 0.1) is 0 Å². The van der Waals surface area contributed by atoms with E-state index in [4.69, 9.17) is 0 Å². The zero-order valence-corrected chi connectivity index (χ0v) is 11.1. The largest absolute Gasteiger partial charge is 0.573 e. The molecule has 1 unspecified atom stereocenters. The van der Waals surface area contributed by atoms with E-state index in [0.29, 0.717) is 25.9 Å². The third-order valence-corrected chi connectivity index (χ3v) is 3.48. The molecular weight excluding hydrogens is 271 g/mol. The lowest BCUT2D eigenvalue weighted by molar-refractivity contribution is -0.274. The molecule has 0 aliphatic carbocycles. The Balaban J connectivity index is 2.08. The highest BCUT2D eigenvalue weighted by atomic mass is 19.4. The quantitative estimate of drug-likeness (QED) is 0.854. The van der Waals surface area contributed by atoms with Gasteiger partial charge in [0, 0.05) is 32.0 Å². The average molecular weight is 287 g/mol. The molecular formula is C14H16F3NO2. The van der Waals surface area contributed by atoms with Gasteiger partial charge in [0.2, 0.25) is 0 Å². The van der Waals surface area contributed by atoms with Crippen molar-refractivity contribution in [2.24, 2.45) is 0 Å². The number of Topliss-reactive ketones (excluding diaryl/α,β-unsaturated/α-hetero) is 1. The van der Waals surface area contributed by atoms with E-state index >= 15 is 0 Å². The van der Waals surface area contributed by atoms with Crippen LogP contribution >= 0.6 is 0 Å². The molecule has 1 aromatic carbocycles. The van der Waals surface area contributed by atoms with Gasteiger partial charge in [0.1, 0.15) is 11.5 Å². The van der Waals surface area contributed by atoms with E-state index in [0.717, 1.165) is 5.56 Å². The minimum absolute atomic E-state index is 0.0418. The Kier molecular flexibility index (Phi) is 4.32. The summed E-state index contributed by atoms with van der Waals surface area (Å²) in [4.78, 5) is 13.3. The number of benzene rings is 1. The van der Waals surface area contributed by atoms with Crippen LogP contribution in [0.15, 0.2) is 24.3 Å². The maximum Gasteiger partial charge on any atom is 0.573 e. The normalized spacial score (nSPS) is 18.9. The molecule has 0 radical (unpaired) electrons. The van der Waals surface area contributed by atoms with Crippen LogP contribution in [0.25, 0.3) is 0 Å². The Labute approximate surface area is 115 Å². The molecule has 0 saturated carbocycles. The van der Waals surface area contributed by atoms with Gasteiger partial charge >= 0.3 is 6.36 Å². The molecule has 0 aromatic heterocycles. The molecule has 0 spiro atoms. The van der Waals surface area contributed by atoms with Crippen molar-refractivity contribution in [3.05, 3.63) is 29.8 Å². The van der Waals surface area contributed by atoms with Crippen LogP contribution in [0.5, 0.6) is 5.75 Å². The van der Waals surface area contributed by atoms with Crippen molar-refractivity contribution in [2.45, 2.75) is 32.2 Å². The molecule has 1 aromatic rings. The fourth-order valence-electron chi connectivity index (χ4n) is 2.34. The van der Waals surface area contributed by atoms with E-state index in [1.807, 2.05) is 6.92 Å². The average Bonchev–Trinajstić information content (AvgIpc) is 2.37. The van der Waals surface area contributed by atoms with Crippen molar-refractivity contribution in [3.63, 3.8) is 0 Å². The maximum absolute atomic E-state index is 12.2. The monoisotopic (exact) mass is 287 g/mol. The van der Waals surface area contributed by atoms with Crippen LogP contribution in [0.1, 0.15) is 31.4 Å². The van der Waals surface area contributed by atoms with Crippen molar-refractivity contribution < 1.29 is 22.7 Å². The van der Waals surface area contributed by atoms with Crippen LogP contribution in [0.3, 0.4) is 0 Å². The molecule has 6 heteroatoms. The Morgan fingerprint density at radius 3 is 2.50 bits per heavy atom. The summed E-state index contributed by atoms with van der Waals surface area (Å²) in [6.45, 7) is 3.21. The first-order valence-corrected chi connectivity index (χ1v) is 6.46. The molecule has 1 atom stereocenters. The molecule has 2 rings (SSSR count). The Hall–Kier alpha value is -1.56. The zero-order chi connectivity index (χ0) is 14.8. The van der Waals surface area contributed by atoms with Crippen LogP contribution in [0.4, 0.5) is 13.2 Å². The first-order valence-electron chi connectivity index (χ1n) is 6.46. The van der Waals surface area contributed by atoms with Gasteiger partial charge < -0.3 is 4.74 Å². The Bertz CT molecular complexity index is 478. The summed E-state index contributed by atoms with van der Waals surface area (Å²) in [6.07, 6.45) is -3.68. The number of rotatable bonds is 3. The Morgan fingerprint density at radius 1 is 1.25 bits per heavy atom. The first-order chi connectivity index (χ1) is 9.35. The smallest absolute Gasteiger partial charge is 0.406 e. The molecule has 1 saturated heterocycles. The fourth-order valence-corrected chi connectivity index (χ4v) is 2.34. The van der Waals surface area contributed by atoms with Gasteiger partial charge in [-0.1, -0.05) is 12.1 Å². The predicted molar refractivity (Wildman–Crippen MR) is 67.4 cm³/mol. The maximum atomic E-state index is 12.2. The summed E-state index contributed by atoms with van der Waals surface area (Å²) in [5.74, 6) is 0.0255. The highest BCUT2D eigenvalue weighted by Crippen LogP contribution is 2.28. The highest BCUT2D eigenvalue weighted by Gasteiger charge is 2.31. The number of halogens is 3. The van der Waals surface area contributed by atoms with Gasteiger partial charge in [-0.05, 0) is 24.6 Å². The van der Waals surface area contributed by atoms with Gasteiger partial charge in [0.05, 0.1) is 0 Å².